The van der Waals surface area contributed by atoms with Gasteiger partial charge < -0.3 is 9.72 Å². The molecule has 4 nitrogen and oxygen atoms in total. The summed E-state index contributed by atoms with van der Waals surface area (Å²) in [5.74, 6) is 1.21. The first-order chi connectivity index (χ1) is 11.7. The number of benzene rings is 2. The molecule has 0 fully saturated rings. The number of hydrogen-bond donors (Lipinski definition) is 1. The summed E-state index contributed by atoms with van der Waals surface area (Å²) in [6, 6.07) is 16.0. The van der Waals surface area contributed by atoms with Gasteiger partial charge in [0.2, 0.25) is 0 Å². The van der Waals surface area contributed by atoms with Gasteiger partial charge in [-0.05, 0) is 48.0 Å². The second kappa shape index (κ2) is 5.77. The molecule has 2 heterocycles. The number of H-pyrrole nitrogens is 1. The zero-order chi connectivity index (χ0) is 16.5. The van der Waals surface area contributed by atoms with Gasteiger partial charge in [0.05, 0.1) is 12.6 Å². The van der Waals surface area contributed by atoms with Crippen LogP contribution < -0.4 is 4.74 Å². The molecule has 118 valence electrons. The number of ether oxygens (including phenoxy) is 1. The van der Waals surface area contributed by atoms with Crippen LogP contribution in [0, 0.1) is 5.82 Å². The minimum atomic E-state index is -0.269. The maximum atomic E-state index is 13.0. The lowest BCUT2D eigenvalue weighted by Gasteiger charge is -2.03. The predicted octanol–water partition coefficient (Wildman–Crippen LogP) is 4.44. The number of pyridine rings is 1. The number of halogens is 1. The lowest BCUT2D eigenvalue weighted by molar-refractivity contribution is 0.415. The Kier molecular flexibility index (Phi) is 3.46. The van der Waals surface area contributed by atoms with Gasteiger partial charge in [-0.2, -0.15) is 0 Å². The molecular formula is C19H14FN3O. The predicted molar refractivity (Wildman–Crippen MR) is 91.3 cm³/mol. The molecule has 0 aliphatic carbocycles. The number of aromatic nitrogens is 3. The van der Waals surface area contributed by atoms with E-state index in [0.717, 1.165) is 28.0 Å². The van der Waals surface area contributed by atoms with E-state index in [1.807, 2.05) is 30.3 Å². The first kappa shape index (κ1) is 14.4. The van der Waals surface area contributed by atoms with Crippen LogP contribution in [0.3, 0.4) is 0 Å². The lowest BCUT2D eigenvalue weighted by atomic mass is 10.1. The minimum absolute atomic E-state index is 0.269. The van der Waals surface area contributed by atoms with Gasteiger partial charge in [-0.3, -0.25) is 0 Å². The number of hydrogen-bond acceptors (Lipinski definition) is 3. The van der Waals surface area contributed by atoms with Crippen molar-refractivity contribution in [3.05, 3.63) is 66.6 Å². The molecule has 0 atom stereocenters. The first-order valence-electron chi connectivity index (χ1n) is 7.49. The van der Waals surface area contributed by atoms with Crippen molar-refractivity contribution < 1.29 is 9.13 Å². The summed E-state index contributed by atoms with van der Waals surface area (Å²) < 4.78 is 18.2. The van der Waals surface area contributed by atoms with E-state index in [9.17, 15) is 4.39 Å². The summed E-state index contributed by atoms with van der Waals surface area (Å²) in [4.78, 5) is 12.1. The molecule has 2 aromatic heterocycles. The van der Waals surface area contributed by atoms with Crippen LogP contribution in [0.1, 0.15) is 0 Å². The third-order valence-corrected chi connectivity index (χ3v) is 3.88. The average molecular weight is 319 g/mol. The zero-order valence-corrected chi connectivity index (χ0v) is 13.0. The van der Waals surface area contributed by atoms with Crippen LogP contribution in [0.5, 0.6) is 5.75 Å². The van der Waals surface area contributed by atoms with Gasteiger partial charge >= 0.3 is 0 Å². The standard InChI is InChI=1S/C19H14FN3O/c1-24-16-8-4-12(5-9-16)14-10-17-19(21-11-14)23-18(22-17)13-2-6-15(20)7-3-13/h2-11H,1H3,(H,21,22,23). The van der Waals surface area contributed by atoms with Crippen molar-refractivity contribution in [3.63, 3.8) is 0 Å². The molecule has 0 saturated heterocycles. The number of nitrogens with zero attached hydrogens (tertiary/aromatic N) is 2. The molecule has 0 bridgehead atoms. The van der Waals surface area contributed by atoms with Crippen molar-refractivity contribution in [2.45, 2.75) is 0 Å². The second-order valence-corrected chi connectivity index (χ2v) is 5.42. The Morgan fingerprint density at radius 3 is 2.33 bits per heavy atom. The molecule has 1 N–H and O–H groups in total. The van der Waals surface area contributed by atoms with E-state index in [2.05, 4.69) is 15.0 Å². The van der Waals surface area contributed by atoms with Gasteiger partial charge in [0, 0.05) is 17.3 Å². The summed E-state index contributed by atoms with van der Waals surface area (Å²) >= 11 is 0. The fraction of sp³-hybridized carbons (Fsp3) is 0.0526. The monoisotopic (exact) mass is 319 g/mol. The summed E-state index contributed by atoms with van der Waals surface area (Å²) in [5.41, 5.74) is 4.32. The Morgan fingerprint density at radius 1 is 0.917 bits per heavy atom. The summed E-state index contributed by atoms with van der Waals surface area (Å²) in [6.45, 7) is 0. The largest absolute Gasteiger partial charge is 0.497 e. The number of aromatic amines is 1. The lowest BCUT2D eigenvalue weighted by Crippen LogP contribution is -1.84. The van der Waals surface area contributed by atoms with Crippen molar-refractivity contribution in [3.8, 4) is 28.3 Å². The van der Waals surface area contributed by atoms with Gasteiger partial charge in [0.25, 0.3) is 0 Å². The Morgan fingerprint density at radius 2 is 1.62 bits per heavy atom. The summed E-state index contributed by atoms with van der Waals surface area (Å²) in [6.07, 6.45) is 1.79. The number of imidazole rings is 1. The van der Waals surface area contributed by atoms with Crippen molar-refractivity contribution in [1.82, 2.24) is 15.0 Å². The van der Waals surface area contributed by atoms with E-state index in [1.54, 1.807) is 25.4 Å². The molecule has 5 heteroatoms. The van der Waals surface area contributed by atoms with Gasteiger partial charge in [0.15, 0.2) is 5.65 Å². The van der Waals surface area contributed by atoms with Crippen LogP contribution in [0.4, 0.5) is 4.39 Å². The quantitative estimate of drug-likeness (QED) is 0.607. The highest BCUT2D eigenvalue weighted by Gasteiger charge is 2.08. The van der Waals surface area contributed by atoms with Crippen LogP contribution in [0.2, 0.25) is 0 Å². The number of methoxy groups -OCH3 is 1. The fourth-order valence-corrected chi connectivity index (χ4v) is 2.59. The number of nitrogens with one attached hydrogen (secondary N) is 1. The van der Waals surface area contributed by atoms with Crippen LogP contribution in [0.15, 0.2) is 60.8 Å². The fourth-order valence-electron chi connectivity index (χ4n) is 2.59. The number of fused-ring (bicyclic) bond motifs is 1. The third-order valence-electron chi connectivity index (χ3n) is 3.88. The molecule has 4 rings (SSSR count). The first-order valence-corrected chi connectivity index (χ1v) is 7.49. The summed E-state index contributed by atoms with van der Waals surface area (Å²) in [7, 11) is 1.64. The summed E-state index contributed by atoms with van der Waals surface area (Å²) in [5, 5.41) is 0. The van der Waals surface area contributed by atoms with E-state index in [4.69, 9.17) is 4.74 Å². The molecule has 4 aromatic rings. The number of rotatable bonds is 3. The second-order valence-electron chi connectivity index (χ2n) is 5.42. The maximum Gasteiger partial charge on any atom is 0.178 e. The molecule has 0 radical (unpaired) electrons. The van der Waals surface area contributed by atoms with Crippen molar-refractivity contribution in [2.24, 2.45) is 0 Å². The van der Waals surface area contributed by atoms with Crippen molar-refractivity contribution in [1.29, 1.82) is 0 Å². The highest BCUT2D eigenvalue weighted by atomic mass is 19.1. The molecule has 24 heavy (non-hydrogen) atoms. The molecular weight excluding hydrogens is 305 g/mol. The molecule has 0 unspecified atom stereocenters. The molecule has 2 aromatic carbocycles. The highest BCUT2D eigenvalue weighted by molar-refractivity contribution is 5.81. The van der Waals surface area contributed by atoms with Crippen molar-refractivity contribution in [2.75, 3.05) is 7.11 Å². The van der Waals surface area contributed by atoms with Crippen molar-refractivity contribution >= 4 is 11.2 Å². The average Bonchev–Trinajstić information content (AvgIpc) is 3.05. The third kappa shape index (κ3) is 2.60. The van der Waals surface area contributed by atoms with E-state index in [1.165, 1.54) is 12.1 Å². The van der Waals surface area contributed by atoms with E-state index >= 15 is 0 Å². The minimum Gasteiger partial charge on any atom is -0.497 e. The maximum absolute atomic E-state index is 13.0. The Hall–Kier alpha value is -3.21. The van der Waals surface area contributed by atoms with Gasteiger partial charge in [-0.1, -0.05) is 12.1 Å². The zero-order valence-electron chi connectivity index (χ0n) is 13.0. The topological polar surface area (TPSA) is 50.8 Å². The van der Waals surface area contributed by atoms with Crippen LogP contribution in [0.25, 0.3) is 33.7 Å². The molecule has 0 aliphatic rings. The van der Waals surface area contributed by atoms with E-state index in [0.29, 0.717) is 11.5 Å². The highest BCUT2D eigenvalue weighted by Crippen LogP contribution is 2.26. The Labute approximate surface area is 138 Å². The van der Waals surface area contributed by atoms with Crippen LogP contribution >= 0.6 is 0 Å². The van der Waals surface area contributed by atoms with E-state index < -0.39 is 0 Å². The molecule has 0 amide bonds. The van der Waals surface area contributed by atoms with Gasteiger partial charge in [-0.15, -0.1) is 0 Å². The van der Waals surface area contributed by atoms with Crippen LogP contribution in [-0.2, 0) is 0 Å². The van der Waals surface area contributed by atoms with Gasteiger partial charge in [-0.25, -0.2) is 14.4 Å². The normalized spacial score (nSPS) is 10.9. The van der Waals surface area contributed by atoms with Crippen LogP contribution in [-0.4, -0.2) is 22.1 Å². The molecule has 0 saturated carbocycles. The molecule has 0 spiro atoms. The smallest absolute Gasteiger partial charge is 0.178 e. The Balaban J connectivity index is 1.73. The van der Waals surface area contributed by atoms with E-state index in [-0.39, 0.29) is 5.82 Å². The SMILES string of the molecule is COc1ccc(-c2cnc3nc(-c4ccc(F)cc4)[nH]c3c2)cc1. The Bertz CT molecular complexity index is 991. The molecule has 0 aliphatic heterocycles. The van der Waals surface area contributed by atoms with Gasteiger partial charge in [0.1, 0.15) is 17.4 Å².